The fourth-order valence-electron chi connectivity index (χ4n) is 1.49. The van der Waals surface area contributed by atoms with Gasteiger partial charge in [-0.05, 0) is 18.9 Å². The van der Waals surface area contributed by atoms with E-state index >= 15 is 0 Å². The van der Waals surface area contributed by atoms with E-state index < -0.39 is 0 Å². The number of hydrogen-bond acceptors (Lipinski definition) is 3. The van der Waals surface area contributed by atoms with Crippen molar-refractivity contribution in [2.24, 2.45) is 0 Å². The zero-order valence-electron chi connectivity index (χ0n) is 9.18. The van der Waals surface area contributed by atoms with Crippen molar-refractivity contribution < 1.29 is 0 Å². The van der Waals surface area contributed by atoms with Gasteiger partial charge in [-0.1, -0.05) is 19.9 Å². The third kappa shape index (κ3) is 1.88. The molecular formula is C11H14N4. The molecule has 2 aromatic rings. The third-order valence-corrected chi connectivity index (χ3v) is 2.27. The number of rotatable bonds is 2. The molecule has 0 aliphatic heterocycles. The van der Waals surface area contributed by atoms with Crippen molar-refractivity contribution in [3.63, 3.8) is 0 Å². The molecule has 4 heteroatoms. The lowest BCUT2D eigenvalue weighted by Gasteiger charge is -2.10. The Balaban J connectivity index is 2.58. The minimum atomic E-state index is 0.416. The van der Waals surface area contributed by atoms with Crippen LogP contribution >= 0.6 is 0 Å². The van der Waals surface area contributed by atoms with Crippen molar-refractivity contribution >= 4 is 0 Å². The molecule has 4 nitrogen and oxygen atoms in total. The molecule has 0 saturated heterocycles. The zero-order chi connectivity index (χ0) is 10.8. The maximum Gasteiger partial charge on any atom is 0.178 e. The molecule has 0 fully saturated rings. The van der Waals surface area contributed by atoms with Crippen LogP contribution in [0.1, 0.15) is 31.0 Å². The third-order valence-electron chi connectivity index (χ3n) is 2.27. The smallest absolute Gasteiger partial charge is 0.178 e. The van der Waals surface area contributed by atoms with Crippen molar-refractivity contribution in [1.82, 2.24) is 20.0 Å². The highest BCUT2D eigenvalue weighted by Gasteiger charge is 2.10. The Morgan fingerprint density at radius 1 is 1.13 bits per heavy atom. The largest absolute Gasteiger partial charge is 0.232 e. The SMILES string of the molecule is Cc1ccc(C(C)C)c(-n2nccn2)n1. The summed E-state index contributed by atoms with van der Waals surface area (Å²) in [4.78, 5) is 6.05. The van der Waals surface area contributed by atoms with E-state index in [0.29, 0.717) is 5.92 Å². The van der Waals surface area contributed by atoms with Crippen LogP contribution in [0.4, 0.5) is 0 Å². The Morgan fingerprint density at radius 2 is 1.80 bits per heavy atom. The maximum absolute atomic E-state index is 4.47. The quantitative estimate of drug-likeness (QED) is 0.749. The van der Waals surface area contributed by atoms with Gasteiger partial charge in [0, 0.05) is 11.3 Å². The van der Waals surface area contributed by atoms with Crippen LogP contribution in [-0.2, 0) is 0 Å². The normalized spacial score (nSPS) is 10.9. The van der Waals surface area contributed by atoms with E-state index in [1.165, 1.54) is 0 Å². The summed E-state index contributed by atoms with van der Waals surface area (Å²) < 4.78 is 0. The molecule has 0 N–H and O–H groups in total. The van der Waals surface area contributed by atoms with E-state index in [1.54, 1.807) is 17.2 Å². The summed E-state index contributed by atoms with van der Waals surface area (Å²) >= 11 is 0. The van der Waals surface area contributed by atoms with Crippen LogP contribution < -0.4 is 0 Å². The highest BCUT2D eigenvalue weighted by Crippen LogP contribution is 2.20. The number of hydrogen-bond donors (Lipinski definition) is 0. The molecule has 0 unspecified atom stereocenters. The maximum atomic E-state index is 4.47. The zero-order valence-corrected chi connectivity index (χ0v) is 9.18. The molecule has 0 radical (unpaired) electrons. The summed E-state index contributed by atoms with van der Waals surface area (Å²) in [5.74, 6) is 1.24. The van der Waals surface area contributed by atoms with Gasteiger partial charge in [-0.15, -0.1) is 4.80 Å². The second-order valence-corrected chi connectivity index (χ2v) is 3.84. The first kappa shape index (κ1) is 9.83. The van der Waals surface area contributed by atoms with Gasteiger partial charge in [-0.25, -0.2) is 4.98 Å². The molecule has 2 aromatic heterocycles. The minimum absolute atomic E-state index is 0.416. The highest BCUT2D eigenvalue weighted by atomic mass is 15.5. The standard InChI is InChI=1S/C11H14N4/c1-8(2)10-5-4-9(3)14-11(10)15-12-6-7-13-15/h4-8H,1-3H3. The summed E-state index contributed by atoms with van der Waals surface area (Å²) in [5.41, 5.74) is 2.14. The van der Waals surface area contributed by atoms with Crippen LogP contribution in [0.3, 0.4) is 0 Å². The molecule has 15 heavy (non-hydrogen) atoms. The molecule has 2 rings (SSSR count). The Bertz CT molecular complexity index is 446. The van der Waals surface area contributed by atoms with Crippen LogP contribution in [-0.4, -0.2) is 20.0 Å². The van der Waals surface area contributed by atoms with E-state index in [2.05, 4.69) is 35.1 Å². The van der Waals surface area contributed by atoms with E-state index in [4.69, 9.17) is 0 Å². The first-order chi connectivity index (χ1) is 7.18. The summed E-state index contributed by atoms with van der Waals surface area (Å²) in [7, 11) is 0. The molecule has 78 valence electrons. The van der Waals surface area contributed by atoms with Crippen molar-refractivity contribution in [3.8, 4) is 5.82 Å². The van der Waals surface area contributed by atoms with E-state index in [0.717, 1.165) is 17.1 Å². The predicted octanol–water partition coefficient (Wildman–Crippen LogP) is 2.09. The monoisotopic (exact) mass is 202 g/mol. The summed E-state index contributed by atoms with van der Waals surface area (Å²) in [6, 6.07) is 4.11. The van der Waals surface area contributed by atoms with Gasteiger partial charge in [-0.2, -0.15) is 10.2 Å². The second-order valence-electron chi connectivity index (χ2n) is 3.84. The van der Waals surface area contributed by atoms with Crippen molar-refractivity contribution in [1.29, 1.82) is 0 Å². The van der Waals surface area contributed by atoms with Gasteiger partial charge in [0.25, 0.3) is 0 Å². The van der Waals surface area contributed by atoms with Gasteiger partial charge < -0.3 is 0 Å². The van der Waals surface area contributed by atoms with Gasteiger partial charge >= 0.3 is 0 Å². The lowest BCUT2D eigenvalue weighted by molar-refractivity contribution is 0.700. The first-order valence-corrected chi connectivity index (χ1v) is 5.02. The molecule has 0 amide bonds. The first-order valence-electron chi connectivity index (χ1n) is 5.02. The van der Waals surface area contributed by atoms with Gasteiger partial charge in [-0.3, -0.25) is 0 Å². The Kier molecular flexibility index (Phi) is 2.49. The number of nitrogens with zero attached hydrogens (tertiary/aromatic N) is 4. The second kappa shape index (κ2) is 3.81. The fourth-order valence-corrected chi connectivity index (χ4v) is 1.49. The number of aromatic nitrogens is 4. The number of pyridine rings is 1. The molecular weight excluding hydrogens is 188 g/mol. The molecule has 0 aliphatic carbocycles. The minimum Gasteiger partial charge on any atom is -0.232 e. The average Bonchev–Trinajstić information content (AvgIpc) is 2.69. The van der Waals surface area contributed by atoms with Crippen LogP contribution in [0.2, 0.25) is 0 Å². The van der Waals surface area contributed by atoms with Crippen molar-refractivity contribution in [2.45, 2.75) is 26.7 Å². The highest BCUT2D eigenvalue weighted by molar-refractivity contribution is 5.35. The van der Waals surface area contributed by atoms with Gasteiger partial charge in [0.05, 0.1) is 12.4 Å². The molecule has 0 atom stereocenters. The van der Waals surface area contributed by atoms with E-state index in [9.17, 15) is 0 Å². The van der Waals surface area contributed by atoms with E-state index in [-0.39, 0.29) is 0 Å². The Morgan fingerprint density at radius 3 is 2.40 bits per heavy atom. The van der Waals surface area contributed by atoms with Gasteiger partial charge in [0.15, 0.2) is 5.82 Å². The van der Waals surface area contributed by atoms with Crippen LogP contribution in [0.15, 0.2) is 24.5 Å². The van der Waals surface area contributed by atoms with Gasteiger partial charge in [0.1, 0.15) is 0 Å². The molecule has 2 heterocycles. The average molecular weight is 202 g/mol. The summed E-state index contributed by atoms with van der Waals surface area (Å²) in [6.45, 7) is 6.25. The summed E-state index contributed by atoms with van der Waals surface area (Å²) in [6.07, 6.45) is 3.32. The van der Waals surface area contributed by atoms with Crippen LogP contribution in [0, 0.1) is 6.92 Å². The lowest BCUT2D eigenvalue weighted by Crippen LogP contribution is -2.07. The Hall–Kier alpha value is -1.71. The Labute approximate surface area is 89.0 Å². The van der Waals surface area contributed by atoms with Gasteiger partial charge in [0.2, 0.25) is 0 Å². The van der Waals surface area contributed by atoms with Crippen LogP contribution in [0.25, 0.3) is 5.82 Å². The van der Waals surface area contributed by atoms with Crippen LogP contribution in [0.5, 0.6) is 0 Å². The molecule has 0 aromatic carbocycles. The van der Waals surface area contributed by atoms with E-state index in [1.807, 2.05) is 13.0 Å². The topological polar surface area (TPSA) is 43.6 Å². The number of aryl methyl sites for hydroxylation is 1. The molecule has 0 saturated carbocycles. The van der Waals surface area contributed by atoms with Crippen molar-refractivity contribution in [3.05, 3.63) is 35.8 Å². The molecule has 0 aliphatic rings. The predicted molar refractivity (Wildman–Crippen MR) is 58.0 cm³/mol. The van der Waals surface area contributed by atoms with Crippen molar-refractivity contribution in [2.75, 3.05) is 0 Å². The summed E-state index contributed by atoms with van der Waals surface area (Å²) in [5, 5.41) is 8.23. The lowest BCUT2D eigenvalue weighted by atomic mass is 10.0. The molecule has 0 bridgehead atoms. The fraction of sp³-hybridized carbons (Fsp3) is 0.364. The molecule has 0 spiro atoms.